The number of alkyl halides is 3. The minimum Gasteiger partial charge on any atom is -0.464 e. The highest BCUT2D eigenvalue weighted by atomic mass is 19.4. The van der Waals surface area contributed by atoms with Gasteiger partial charge in [0.2, 0.25) is 0 Å². The zero-order valence-corrected chi connectivity index (χ0v) is 16.6. The van der Waals surface area contributed by atoms with E-state index >= 15 is 0 Å². The van der Waals surface area contributed by atoms with Gasteiger partial charge in [-0.25, -0.2) is 4.79 Å². The number of benzene rings is 1. The van der Waals surface area contributed by atoms with Crippen molar-refractivity contribution in [2.75, 3.05) is 6.61 Å². The standard InChI is InChI=1S/C21H30F3NO3/c1-3-4-5-6-7-8-9-10-15-28-20(27)16(2)25-19(26)17-11-13-18(14-12-17)21(22,23)24/h11-14,16H,3-10,15H2,1-2H3,(H,25,26). The van der Waals surface area contributed by atoms with Gasteiger partial charge in [-0.15, -0.1) is 0 Å². The Balaban J connectivity index is 2.25. The second kappa shape index (κ2) is 12.4. The van der Waals surface area contributed by atoms with Gasteiger partial charge in [-0.05, 0) is 37.6 Å². The number of halogens is 3. The molecule has 1 aromatic carbocycles. The van der Waals surface area contributed by atoms with Crippen molar-refractivity contribution in [2.24, 2.45) is 0 Å². The normalized spacial score (nSPS) is 12.5. The van der Waals surface area contributed by atoms with E-state index < -0.39 is 29.7 Å². The van der Waals surface area contributed by atoms with E-state index in [1.54, 1.807) is 0 Å². The minimum absolute atomic E-state index is 0.0516. The van der Waals surface area contributed by atoms with Crippen LogP contribution < -0.4 is 5.32 Å². The van der Waals surface area contributed by atoms with Crippen LogP contribution in [0.5, 0.6) is 0 Å². The maximum absolute atomic E-state index is 12.5. The van der Waals surface area contributed by atoms with Crippen LogP contribution in [0.4, 0.5) is 13.2 Å². The molecule has 1 amide bonds. The van der Waals surface area contributed by atoms with Gasteiger partial charge in [0.1, 0.15) is 6.04 Å². The smallest absolute Gasteiger partial charge is 0.416 e. The second-order valence-electron chi connectivity index (χ2n) is 6.91. The fourth-order valence-corrected chi connectivity index (χ4v) is 2.68. The summed E-state index contributed by atoms with van der Waals surface area (Å²) >= 11 is 0. The molecule has 1 atom stereocenters. The van der Waals surface area contributed by atoms with Crippen LogP contribution in [0.2, 0.25) is 0 Å². The molecule has 158 valence electrons. The zero-order chi connectivity index (χ0) is 21.0. The Labute approximate surface area is 164 Å². The van der Waals surface area contributed by atoms with Gasteiger partial charge >= 0.3 is 12.1 Å². The van der Waals surface area contributed by atoms with Crippen LogP contribution in [0.25, 0.3) is 0 Å². The fraction of sp³-hybridized carbons (Fsp3) is 0.619. The molecule has 0 radical (unpaired) electrons. The van der Waals surface area contributed by atoms with Crippen molar-refractivity contribution in [3.05, 3.63) is 35.4 Å². The maximum Gasteiger partial charge on any atom is 0.416 e. The Morgan fingerprint density at radius 3 is 2.04 bits per heavy atom. The van der Waals surface area contributed by atoms with Crippen LogP contribution in [0, 0.1) is 0 Å². The van der Waals surface area contributed by atoms with Gasteiger partial charge in [-0.1, -0.05) is 51.9 Å². The quantitative estimate of drug-likeness (QED) is 0.371. The van der Waals surface area contributed by atoms with Crippen molar-refractivity contribution in [2.45, 2.75) is 77.4 Å². The molecule has 0 aliphatic carbocycles. The molecule has 1 N–H and O–H groups in total. The van der Waals surface area contributed by atoms with Crippen molar-refractivity contribution in [1.82, 2.24) is 5.32 Å². The maximum atomic E-state index is 12.5. The summed E-state index contributed by atoms with van der Waals surface area (Å²) in [5, 5.41) is 2.44. The number of unbranched alkanes of at least 4 members (excludes halogenated alkanes) is 7. The van der Waals surface area contributed by atoms with Crippen LogP contribution in [-0.4, -0.2) is 24.5 Å². The summed E-state index contributed by atoms with van der Waals surface area (Å²) < 4.78 is 42.8. The Morgan fingerprint density at radius 2 is 1.50 bits per heavy atom. The molecular weight excluding hydrogens is 371 g/mol. The van der Waals surface area contributed by atoms with E-state index in [9.17, 15) is 22.8 Å². The predicted octanol–water partition coefficient (Wildman–Crippen LogP) is 5.51. The molecule has 1 aromatic rings. The summed E-state index contributed by atoms with van der Waals surface area (Å²) in [4.78, 5) is 24.0. The third-order valence-electron chi connectivity index (χ3n) is 4.42. The number of hydrogen-bond donors (Lipinski definition) is 1. The summed E-state index contributed by atoms with van der Waals surface area (Å²) in [7, 11) is 0. The number of rotatable bonds is 12. The fourth-order valence-electron chi connectivity index (χ4n) is 2.68. The highest BCUT2D eigenvalue weighted by Crippen LogP contribution is 2.29. The van der Waals surface area contributed by atoms with Crippen molar-refractivity contribution in [3.8, 4) is 0 Å². The zero-order valence-electron chi connectivity index (χ0n) is 16.6. The number of ether oxygens (including phenoxy) is 1. The van der Waals surface area contributed by atoms with Crippen LogP contribution in [-0.2, 0) is 15.7 Å². The molecule has 0 saturated heterocycles. The van der Waals surface area contributed by atoms with Gasteiger partial charge < -0.3 is 10.1 Å². The van der Waals surface area contributed by atoms with Crippen LogP contribution in [0.15, 0.2) is 24.3 Å². The molecule has 28 heavy (non-hydrogen) atoms. The van der Waals surface area contributed by atoms with Gasteiger partial charge in [0.15, 0.2) is 0 Å². The second-order valence-corrected chi connectivity index (χ2v) is 6.91. The number of amides is 1. The molecule has 1 rings (SSSR count). The van der Waals surface area contributed by atoms with Gasteiger partial charge in [0.25, 0.3) is 5.91 Å². The van der Waals surface area contributed by atoms with Crippen molar-refractivity contribution >= 4 is 11.9 Å². The van der Waals surface area contributed by atoms with Gasteiger partial charge in [-0.2, -0.15) is 13.2 Å². The molecule has 1 unspecified atom stereocenters. The van der Waals surface area contributed by atoms with E-state index in [0.717, 1.165) is 43.5 Å². The van der Waals surface area contributed by atoms with E-state index in [0.29, 0.717) is 6.61 Å². The highest BCUT2D eigenvalue weighted by molar-refractivity contribution is 5.96. The molecule has 0 saturated carbocycles. The molecule has 0 aliphatic heterocycles. The van der Waals surface area contributed by atoms with Crippen molar-refractivity contribution in [1.29, 1.82) is 0 Å². The summed E-state index contributed by atoms with van der Waals surface area (Å²) in [5.74, 6) is -1.17. The summed E-state index contributed by atoms with van der Waals surface area (Å²) in [6, 6.07) is 2.96. The molecule has 0 heterocycles. The first-order valence-electron chi connectivity index (χ1n) is 9.90. The largest absolute Gasteiger partial charge is 0.464 e. The van der Waals surface area contributed by atoms with Crippen molar-refractivity contribution < 1.29 is 27.5 Å². The Morgan fingerprint density at radius 1 is 0.964 bits per heavy atom. The monoisotopic (exact) mass is 401 g/mol. The van der Waals surface area contributed by atoms with Crippen LogP contribution in [0.1, 0.15) is 81.1 Å². The van der Waals surface area contributed by atoms with Gasteiger partial charge in [0.05, 0.1) is 12.2 Å². The summed E-state index contributed by atoms with van der Waals surface area (Å²) in [6.45, 7) is 3.97. The molecule has 0 fully saturated rings. The lowest BCUT2D eigenvalue weighted by Crippen LogP contribution is -2.39. The van der Waals surface area contributed by atoms with Gasteiger partial charge in [-0.3, -0.25) is 4.79 Å². The Kier molecular flexibility index (Phi) is 10.6. The lowest BCUT2D eigenvalue weighted by Gasteiger charge is -2.14. The van der Waals surface area contributed by atoms with Crippen molar-refractivity contribution in [3.63, 3.8) is 0 Å². The third-order valence-corrected chi connectivity index (χ3v) is 4.42. The van der Waals surface area contributed by atoms with E-state index in [2.05, 4.69) is 12.2 Å². The third kappa shape index (κ3) is 9.24. The first-order valence-corrected chi connectivity index (χ1v) is 9.90. The Bertz CT molecular complexity index is 600. The number of hydrogen-bond acceptors (Lipinski definition) is 3. The first kappa shape index (κ1) is 24.0. The molecule has 0 aliphatic rings. The van der Waals surface area contributed by atoms with E-state index in [-0.39, 0.29) is 5.56 Å². The Hall–Kier alpha value is -2.05. The summed E-state index contributed by atoms with van der Waals surface area (Å²) in [6.07, 6.45) is 4.61. The number of carbonyl (C=O) groups is 2. The molecule has 4 nitrogen and oxygen atoms in total. The number of nitrogens with one attached hydrogen (secondary N) is 1. The average molecular weight is 401 g/mol. The molecule has 0 spiro atoms. The van der Waals surface area contributed by atoms with Crippen LogP contribution in [0.3, 0.4) is 0 Å². The molecule has 7 heteroatoms. The SMILES string of the molecule is CCCCCCCCCCOC(=O)C(C)NC(=O)c1ccc(C(F)(F)F)cc1. The lowest BCUT2D eigenvalue weighted by molar-refractivity contribution is -0.145. The van der Waals surface area contributed by atoms with Crippen LogP contribution >= 0.6 is 0 Å². The summed E-state index contributed by atoms with van der Waals surface area (Å²) in [5.41, 5.74) is -0.780. The van der Waals surface area contributed by atoms with Gasteiger partial charge in [0, 0.05) is 5.56 Å². The topological polar surface area (TPSA) is 55.4 Å². The minimum atomic E-state index is -4.46. The highest BCUT2D eigenvalue weighted by Gasteiger charge is 2.30. The van der Waals surface area contributed by atoms with E-state index in [1.165, 1.54) is 39.0 Å². The average Bonchev–Trinajstić information content (AvgIpc) is 2.65. The lowest BCUT2D eigenvalue weighted by atomic mass is 10.1. The van der Waals surface area contributed by atoms with E-state index in [1.807, 2.05) is 0 Å². The van der Waals surface area contributed by atoms with E-state index in [4.69, 9.17) is 4.74 Å². The number of esters is 1. The number of carbonyl (C=O) groups excluding carboxylic acids is 2. The molecule has 0 aromatic heterocycles. The molecule has 0 bridgehead atoms. The predicted molar refractivity (Wildman–Crippen MR) is 102 cm³/mol. The first-order chi connectivity index (χ1) is 13.3. The molecular formula is C21H30F3NO3.